The van der Waals surface area contributed by atoms with Crippen LogP contribution in [-0.2, 0) is 15.4 Å². The molecule has 0 aliphatic carbocycles. The highest BCUT2D eigenvalue weighted by molar-refractivity contribution is 7.91. The maximum Gasteiger partial charge on any atom is 0.430 e. The van der Waals surface area contributed by atoms with E-state index in [1.54, 1.807) is 0 Å². The second-order valence-electron chi connectivity index (χ2n) is 6.45. The van der Waals surface area contributed by atoms with Crippen LogP contribution in [0.2, 0.25) is 0 Å². The molecule has 0 fully saturated rings. The predicted molar refractivity (Wildman–Crippen MR) is 97.6 cm³/mol. The number of sulfone groups is 1. The molecule has 0 aliphatic rings. The average Bonchev–Trinajstić information content (AvgIpc) is 2.72. The molecule has 7 nitrogen and oxygen atoms in total. The van der Waals surface area contributed by atoms with Gasteiger partial charge >= 0.3 is 12.4 Å². The number of hydrogen-bond donors (Lipinski definition) is 2. The number of nitrogens with zero attached hydrogens (tertiary/aromatic N) is 3. The highest BCUT2D eigenvalue weighted by Crippen LogP contribution is 2.49. The van der Waals surface area contributed by atoms with Crippen LogP contribution < -0.4 is 5.73 Å². The summed E-state index contributed by atoms with van der Waals surface area (Å²) in [7, 11) is -3.96. The predicted octanol–water partition coefficient (Wildman–Crippen LogP) is 3.27. The zero-order valence-corrected chi connectivity index (χ0v) is 16.4. The summed E-state index contributed by atoms with van der Waals surface area (Å²) in [5, 5.41) is 9.36. The smallest absolute Gasteiger partial charge is 0.384 e. The molecule has 0 atom stereocenters. The molecular formula is C18H12F6N4O3S. The Hall–Kier alpha value is -3.26. The molecule has 170 valence electrons. The number of alkyl halides is 6. The van der Waals surface area contributed by atoms with Gasteiger partial charge in [0.05, 0.1) is 9.79 Å². The standard InChI is InChI=1S/C18H12F6N4O3S/c19-17(20,21)16(29,18(22,23)24)11-7-27-15(28-8-11)10-1-3-12(4-2-10)32(30,31)13-5-6-14(25)26-9-13/h1-9,29H,(H2,25,26). The lowest BCUT2D eigenvalue weighted by molar-refractivity contribution is -0.376. The topological polar surface area (TPSA) is 119 Å². The summed E-state index contributed by atoms with van der Waals surface area (Å²) in [4.78, 5) is 10.3. The van der Waals surface area contributed by atoms with Gasteiger partial charge in [0.15, 0.2) is 5.82 Å². The van der Waals surface area contributed by atoms with Crippen LogP contribution in [0.1, 0.15) is 5.56 Å². The largest absolute Gasteiger partial charge is 0.430 e. The number of rotatable bonds is 4. The maximum atomic E-state index is 12.9. The second kappa shape index (κ2) is 7.70. The van der Waals surface area contributed by atoms with E-state index in [9.17, 15) is 39.9 Å². The molecule has 2 aromatic heterocycles. The Morgan fingerprint density at radius 1 is 0.750 bits per heavy atom. The fourth-order valence-corrected chi connectivity index (χ4v) is 3.83. The Bertz CT molecular complexity index is 1200. The fraction of sp³-hybridized carbons (Fsp3) is 0.167. The number of benzene rings is 1. The Kier molecular flexibility index (Phi) is 5.63. The van der Waals surface area contributed by atoms with Crippen LogP contribution in [0.3, 0.4) is 0 Å². The van der Waals surface area contributed by atoms with Gasteiger partial charge in [0, 0.05) is 29.7 Å². The lowest BCUT2D eigenvalue weighted by atomic mass is 9.95. The fourth-order valence-electron chi connectivity index (χ4n) is 2.62. The summed E-state index contributed by atoms with van der Waals surface area (Å²) in [6.07, 6.45) is -10.7. The summed E-state index contributed by atoms with van der Waals surface area (Å²) in [5.74, 6) is -0.179. The molecule has 2 heterocycles. The molecule has 0 saturated carbocycles. The van der Waals surface area contributed by atoms with Crippen molar-refractivity contribution in [3.05, 3.63) is 60.6 Å². The van der Waals surface area contributed by atoms with Crippen molar-refractivity contribution in [2.75, 3.05) is 5.73 Å². The van der Waals surface area contributed by atoms with E-state index >= 15 is 0 Å². The minimum Gasteiger partial charge on any atom is -0.384 e. The summed E-state index contributed by atoms with van der Waals surface area (Å²) in [6, 6.07) is 7.27. The number of halogens is 6. The Labute approximate surface area is 176 Å². The van der Waals surface area contributed by atoms with E-state index in [0.29, 0.717) is 0 Å². The number of anilines is 1. The molecule has 32 heavy (non-hydrogen) atoms. The summed E-state index contributed by atoms with van der Waals surface area (Å²) in [5.41, 5.74) is -1.24. The second-order valence-corrected chi connectivity index (χ2v) is 8.40. The minimum atomic E-state index is -6.07. The molecule has 0 aliphatic heterocycles. The van der Waals surface area contributed by atoms with E-state index in [2.05, 4.69) is 15.0 Å². The van der Waals surface area contributed by atoms with Crippen molar-refractivity contribution in [2.24, 2.45) is 0 Å². The summed E-state index contributed by atoms with van der Waals surface area (Å²) in [6.45, 7) is 0. The Morgan fingerprint density at radius 2 is 1.25 bits per heavy atom. The molecule has 14 heteroatoms. The van der Waals surface area contributed by atoms with E-state index in [1.807, 2.05) is 0 Å². The van der Waals surface area contributed by atoms with Crippen molar-refractivity contribution in [1.29, 1.82) is 0 Å². The average molecular weight is 478 g/mol. The zero-order chi connectivity index (χ0) is 23.9. The molecular weight excluding hydrogens is 466 g/mol. The molecule has 0 spiro atoms. The minimum absolute atomic E-state index is 0.105. The third kappa shape index (κ3) is 3.98. The molecule has 1 aromatic carbocycles. The van der Waals surface area contributed by atoms with E-state index in [1.165, 1.54) is 24.3 Å². The number of aromatic nitrogens is 3. The molecule has 0 amide bonds. The van der Waals surface area contributed by atoms with Gasteiger partial charge in [-0.05, 0) is 36.4 Å². The van der Waals surface area contributed by atoms with Crippen molar-refractivity contribution in [2.45, 2.75) is 27.7 Å². The first-order chi connectivity index (χ1) is 14.7. The number of nitrogen functional groups attached to an aromatic ring is 1. The normalized spacial score (nSPS) is 13.2. The third-order valence-electron chi connectivity index (χ3n) is 4.38. The van der Waals surface area contributed by atoms with Gasteiger partial charge in [0.2, 0.25) is 9.84 Å². The molecule has 3 rings (SSSR count). The number of hydrogen-bond acceptors (Lipinski definition) is 7. The van der Waals surface area contributed by atoms with Gasteiger partial charge in [-0.25, -0.2) is 23.4 Å². The van der Waals surface area contributed by atoms with Crippen molar-refractivity contribution >= 4 is 15.7 Å². The molecule has 3 N–H and O–H groups in total. The number of pyridine rings is 1. The number of nitrogens with two attached hydrogens (primary N) is 1. The van der Waals surface area contributed by atoms with E-state index in [4.69, 9.17) is 5.73 Å². The van der Waals surface area contributed by atoms with Crippen LogP contribution in [0.4, 0.5) is 32.2 Å². The Balaban J connectivity index is 1.93. The lowest BCUT2D eigenvalue weighted by Gasteiger charge is -2.32. The summed E-state index contributed by atoms with van der Waals surface area (Å²) >= 11 is 0. The van der Waals surface area contributed by atoms with Crippen molar-refractivity contribution in [3.8, 4) is 11.4 Å². The lowest BCUT2D eigenvalue weighted by Crippen LogP contribution is -2.54. The van der Waals surface area contributed by atoms with Crippen LogP contribution in [0.15, 0.2) is 64.8 Å². The monoisotopic (exact) mass is 478 g/mol. The SMILES string of the molecule is Nc1ccc(S(=O)(=O)c2ccc(-c3ncc(C(O)(C(F)(F)F)C(F)(F)F)cn3)cc2)cn1. The van der Waals surface area contributed by atoms with Gasteiger partial charge in [-0.1, -0.05) is 0 Å². The van der Waals surface area contributed by atoms with Gasteiger partial charge in [0.1, 0.15) is 5.82 Å². The van der Waals surface area contributed by atoms with Crippen LogP contribution in [0, 0.1) is 0 Å². The van der Waals surface area contributed by atoms with Crippen molar-refractivity contribution in [3.63, 3.8) is 0 Å². The van der Waals surface area contributed by atoms with E-state index in [-0.39, 0.29) is 39.4 Å². The first-order valence-electron chi connectivity index (χ1n) is 8.43. The zero-order valence-electron chi connectivity index (χ0n) is 15.6. The van der Waals surface area contributed by atoms with Gasteiger partial charge in [-0.3, -0.25) is 0 Å². The van der Waals surface area contributed by atoms with Gasteiger partial charge in [-0.15, -0.1) is 0 Å². The third-order valence-corrected chi connectivity index (χ3v) is 6.14. The highest BCUT2D eigenvalue weighted by Gasteiger charge is 2.71. The van der Waals surface area contributed by atoms with E-state index in [0.717, 1.165) is 18.3 Å². The first kappa shape index (κ1) is 23.4. The van der Waals surface area contributed by atoms with Crippen LogP contribution in [0.25, 0.3) is 11.4 Å². The molecule has 0 unspecified atom stereocenters. The molecule has 0 saturated heterocycles. The van der Waals surface area contributed by atoms with E-state index < -0.39 is 33.4 Å². The summed E-state index contributed by atoms with van der Waals surface area (Å²) < 4.78 is 103. The van der Waals surface area contributed by atoms with Gasteiger partial charge in [0.25, 0.3) is 5.60 Å². The Morgan fingerprint density at radius 3 is 1.69 bits per heavy atom. The van der Waals surface area contributed by atoms with Gasteiger partial charge in [-0.2, -0.15) is 26.3 Å². The number of aliphatic hydroxyl groups is 1. The maximum absolute atomic E-state index is 12.9. The molecule has 3 aromatic rings. The van der Waals surface area contributed by atoms with Crippen molar-refractivity contribution < 1.29 is 39.9 Å². The van der Waals surface area contributed by atoms with Crippen LogP contribution in [0.5, 0.6) is 0 Å². The first-order valence-corrected chi connectivity index (χ1v) is 9.91. The van der Waals surface area contributed by atoms with Crippen LogP contribution in [-0.4, -0.2) is 40.8 Å². The molecule has 0 bridgehead atoms. The quantitative estimate of drug-likeness (QED) is 0.553. The van der Waals surface area contributed by atoms with Gasteiger partial charge < -0.3 is 10.8 Å². The molecule has 0 radical (unpaired) electrons. The van der Waals surface area contributed by atoms with Crippen LogP contribution >= 0.6 is 0 Å². The van der Waals surface area contributed by atoms with Crippen molar-refractivity contribution in [1.82, 2.24) is 15.0 Å². The highest BCUT2D eigenvalue weighted by atomic mass is 32.2.